The normalized spacial score (nSPS) is 15.3. The summed E-state index contributed by atoms with van der Waals surface area (Å²) in [6.45, 7) is 0.275. The summed E-state index contributed by atoms with van der Waals surface area (Å²) in [7, 11) is 0. The summed E-state index contributed by atoms with van der Waals surface area (Å²) in [6, 6.07) is 18.0. The van der Waals surface area contributed by atoms with Gasteiger partial charge in [-0.1, -0.05) is 66.9 Å². The molecule has 1 radical (unpaired) electrons. The predicted molar refractivity (Wildman–Crippen MR) is 94.8 cm³/mol. The Morgan fingerprint density at radius 3 is 2.50 bits per heavy atom. The van der Waals surface area contributed by atoms with Gasteiger partial charge in [-0.05, 0) is 30.4 Å². The molecular formula is C21H21N2O. The Labute approximate surface area is 143 Å². The summed E-state index contributed by atoms with van der Waals surface area (Å²) in [5.74, 6) is 0.712. The molecule has 0 aromatic heterocycles. The van der Waals surface area contributed by atoms with E-state index in [1.807, 2.05) is 30.3 Å². The van der Waals surface area contributed by atoms with Gasteiger partial charge >= 0.3 is 0 Å². The van der Waals surface area contributed by atoms with E-state index in [0.717, 1.165) is 11.1 Å². The highest BCUT2D eigenvalue weighted by Crippen LogP contribution is 2.32. The Morgan fingerprint density at radius 2 is 1.75 bits per heavy atom. The second-order valence-electron chi connectivity index (χ2n) is 6.20. The Bertz CT molecular complexity index is 722. The van der Waals surface area contributed by atoms with E-state index in [1.54, 1.807) is 6.07 Å². The van der Waals surface area contributed by atoms with Crippen molar-refractivity contribution in [3.63, 3.8) is 0 Å². The maximum absolute atomic E-state index is 9.03. The maximum atomic E-state index is 9.03. The average Bonchev–Trinajstić information content (AvgIpc) is 2.67. The van der Waals surface area contributed by atoms with Crippen molar-refractivity contribution < 1.29 is 4.84 Å². The highest BCUT2D eigenvalue weighted by molar-refractivity contribution is 5.79. The van der Waals surface area contributed by atoms with E-state index in [0.29, 0.717) is 11.5 Å². The predicted octanol–water partition coefficient (Wildman–Crippen LogP) is 5.03. The molecule has 0 unspecified atom stereocenters. The molecule has 3 nitrogen and oxygen atoms in total. The van der Waals surface area contributed by atoms with Gasteiger partial charge in [-0.15, -0.1) is 0 Å². The largest absolute Gasteiger partial charge is 0.390 e. The van der Waals surface area contributed by atoms with Gasteiger partial charge < -0.3 is 4.84 Å². The highest BCUT2D eigenvalue weighted by Gasteiger charge is 2.14. The van der Waals surface area contributed by atoms with Crippen LogP contribution in [0.4, 0.5) is 0 Å². The summed E-state index contributed by atoms with van der Waals surface area (Å²) in [5, 5.41) is 12.9. The monoisotopic (exact) mass is 317 g/mol. The van der Waals surface area contributed by atoms with E-state index in [9.17, 15) is 0 Å². The second kappa shape index (κ2) is 8.31. The Hall–Kier alpha value is -2.60. The number of rotatable bonds is 5. The molecule has 0 aliphatic heterocycles. The quantitative estimate of drug-likeness (QED) is 0.573. The van der Waals surface area contributed by atoms with Crippen LogP contribution in [0.5, 0.6) is 0 Å². The molecule has 0 amide bonds. The second-order valence-corrected chi connectivity index (χ2v) is 6.20. The Morgan fingerprint density at radius 1 is 1.00 bits per heavy atom. The number of benzene rings is 2. The zero-order valence-electron chi connectivity index (χ0n) is 13.7. The Kier molecular flexibility index (Phi) is 5.63. The molecule has 0 bridgehead atoms. The lowest BCUT2D eigenvalue weighted by Gasteiger charge is -2.21. The fraction of sp³-hybridized carbons (Fsp3) is 0.333. The van der Waals surface area contributed by atoms with E-state index >= 15 is 0 Å². The number of nitriles is 1. The molecule has 3 heteroatoms. The van der Waals surface area contributed by atoms with Crippen molar-refractivity contribution in [3.05, 3.63) is 70.8 Å². The van der Waals surface area contributed by atoms with Crippen molar-refractivity contribution >= 4 is 6.21 Å². The van der Waals surface area contributed by atoms with Crippen molar-refractivity contribution in [2.45, 2.75) is 44.6 Å². The third-order valence-corrected chi connectivity index (χ3v) is 4.58. The molecular weight excluding hydrogens is 296 g/mol. The number of hydrogen-bond acceptors (Lipinski definition) is 3. The molecule has 0 spiro atoms. The van der Waals surface area contributed by atoms with Gasteiger partial charge in [-0.3, -0.25) is 0 Å². The standard InChI is InChI=1S/C21H21N2O/c22-14-20-8-4-5-9-21(20)16-24-23-15-17-10-12-19(13-11-17)18-6-2-1-3-7-18/h4-5,8-13,18H,1-3,6-7,16H2. The summed E-state index contributed by atoms with van der Waals surface area (Å²) in [4.78, 5) is 5.28. The minimum absolute atomic E-state index is 0.275. The van der Waals surface area contributed by atoms with Crippen molar-refractivity contribution in [1.82, 2.24) is 0 Å². The van der Waals surface area contributed by atoms with Crippen LogP contribution in [-0.2, 0) is 11.4 Å². The summed E-state index contributed by atoms with van der Waals surface area (Å²) in [5.41, 5.74) is 3.77. The minimum atomic E-state index is 0.275. The molecule has 3 rings (SSSR count). The van der Waals surface area contributed by atoms with Crippen LogP contribution in [0.2, 0.25) is 0 Å². The van der Waals surface area contributed by atoms with Gasteiger partial charge in [0.25, 0.3) is 0 Å². The first-order chi connectivity index (χ1) is 11.9. The van der Waals surface area contributed by atoms with Crippen molar-refractivity contribution in [1.29, 1.82) is 5.26 Å². The van der Waals surface area contributed by atoms with E-state index in [1.165, 1.54) is 37.7 Å². The molecule has 1 aliphatic carbocycles. The fourth-order valence-corrected chi connectivity index (χ4v) is 3.21. The van der Waals surface area contributed by atoms with Crippen molar-refractivity contribution in [2.24, 2.45) is 5.16 Å². The van der Waals surface area contributed by atoms with Gasteiger partial charge in [0.05, 0.1) is 11.6 Å². The van der Waals surface area contributed by atoms with Gasteiger partial charge in [0, 0.05) is 11.1 Å². The summed E-state index contributed by atoms with van der Waals surface area (Å²) in [6.07, 6.45) is 9.58. The van der Waals surface area contributed by atoms with Gasteiger partial charge in [-0.2, -0.15) is 5.26 Å². The first-order valence-corrected chi connectivity index (χ1v) is 8.53. The highest BCUT2D eigenvalue weighted by atomic mass is 16.6. The van der Waals surface area contributed by atoms with Crippen molar-refractivity contribution in [2.75, 3.05) is 0 Å². The SMILES string of the molecule is N#Cc1ccccc1CO/N=[C]\c1ccc(C2CCCCC2)cc1. The Balaban J connectivity index is 1.54. The average molecular weight is 317 g/mol. The molecule has 0 heterocycles. The van der Waals surface area contributed by atoms with Crippen LogP contribution in [0.1, 0.15) is 60.3 Å². The van der Waals surface area contributed by atoms with Crippen LogP contribution in [0.25, 0.3) is 0 Å². The van der Waals surface area contributed by atoms with Gasteiger partial charge in [0.1, 0.15) is 12.8 Å². The molecule has 0 atom stereocenters. The zero-order valence-corrected chi connectivity index (χ0v) is 13.7. The third-order valence-electron chi connectivity index (χ3n) is 4.58. The minimum Gasteiger partial charge on any atom is -0.390 e. The summed E-state index contributed by atoms with van der Waals surface area (Å²) < 4.78 is 0. The first-order valence-electron chi connectivity index (χ1n) is 8.53. The molecule has 2 aromatic carbocycles. The van der Waals surface area contributed by atoms with E-state index < -0.39 is 0 Å². The van der Waals surface area contributed by atoms with Crippen LogP contribution in [0.3, 0.4) is 0 Å². The lowest BCUT2D eigenvalue weighted by molar-refractivity contribution is 0.132. The lowest BCUT2D eigenvalue weighted by atomic mass is 9.84. The van der Waals surface area contributed by atoms with Crippen LogP contribution >= 0.6 is 0 Å². The van der Waals surface area contributed by atoms with Gasteiger partial charge in [-0.25, -0.2) is 0 Å². The zero-order chi connectivity index (χ0) is 16.6. The van der Waals surface area contributed by atoms with Crippen LogP contribution in [0, 0.1) is 11.3 Å². The topological polar surface area (TPSA) is 45.4 Å². The maximum Gasteiger partial charge on any atom is 0.143 e. The first kappa shape index (κ1) is 16.3. The molecule has 0 saturated heterocycles. The number of hydrogen-bond donors (Lipinski definition) is 0. The van der Waals surface area contributed by atoms with Gasteiger partial charge in [0.2, 0.25) is 0 Å². The fourth-order valence-electron chi connectivity index (χ4n) is 3.21. The molecule has 1 aliphatic rings. The van der Waals surface area contributed by atoms with E-state index in [2.05, 4.69) is 29.6 Å². The molecule has 0 N–H and O–H groups in total. The van der Waals surface area contributed by atoms with Crippen molar-refractivity contribution in [3.8, 4) is 6.07 Å². The van der Waals surface area contributed by atoms with E-state index in [-0.39, 0.29) is 6.61 Å². The smallest absolute Gasteiger partial charge is 0.143 e. The summed E-state index contributed by atoms with van der Waals surface area (Å²) >= 11 is 0. The van der Waals surface area contributed by atoms with Crippen LogP contribution in [-0.4, -0.2) is 6.21 Å². The molecule has 121 valence electrons. The lowest BCUT2D eigenvalue weighted by Crippen LogP contribution is -2.04. The molecule has 1 saturated carbocycles. The number of nitrogens with zero attached hydrogens (tertiary/aromatic N) is 2. The molecule has 2 aromatic rings. The van der Waals surface area contributed by atoms with E-state index in [4.69, 9.17) is 10.1 Å². The molecule has 24 heavy (non-hydrogen) atoms. The van der Waals surface area contributed by atoms with Crippen LogP contribution in [0.15, 0.2) is 53.7 Å². The molecule has 1 fully saturated rings. The van der Waals surface area contributed by atoms with Crippen LogP contribution < -0.4 is 0 Å². The third kappa shape index (κ3) is 4.23. The van der Waals surface area contributed by atoms with Gasteiger partial charge in [0.15, 0.2) is 0 Å².